The maximum Gasteiger partial charge on any atom is 0.307 e. The molecule has 0 bridgehead atoms. The van der Waals surface area contributed by atoms with E-state index in [1.54, 1.807) is 27.2 Å². The number of hydrogen-bond donors (Lipinski definition) is 1. The number of rotatable bonds is 14. The summed E-state index contributed by atoms with van der Waals surface area (Å²) < 4.78 is 20.5. The van der Waals surface area contributed by atoms with E-state index in [9.17, 15) is 9.59 Å². The van der Waals surface area contributed by atoms with Crippen molar-refractivity contribution >= 4 is 35.1 Å². The number of carbonyl (C=O) groups is 2. The van der Waals surface area contributed by atoms with Crippen LogP contribution in [0.1, 0.15) is 95.5 Å². The summed E-state index contributed by atoms with van der Waals surface area (Å²) in [7, 11) is 3.36. The molecule has 0 saturated carbocycles. The molecule has 2 unspecified atom stereocenters. The van der Waals surface area contributed by atoms with Crippen molar-refractivity contribution in [1.29, 1.82) is 0 Å². The summed E-state index contributed by atoms with van der Waals surface area (Å²) in [5.41, 5.74) is 9.81. The van der Waals surface area contributed by atoms with Crippen molar-refractivity contribution in [3.05, 3.63) is 68.7 Å². The van der Waals surface area contributed by atoms with E-state index in [1.165, 1.54) is 0 Å². The third kappa shape index (κ3) is 12.6. The first-order valence-corrected chi connectivity index (χ1v) is 15.0. The van der Waals surface area contributed by atoms with Gasteiger partial charge in [0.2, 0.25) is 0 Å². The number of carbonyl (C=O) groups excluding carboxylic acids is 2. The van der Waals surface area contributed by atoms with E-state index in [0.717, 1.165) is 22.3 Å². The van der Waals surface area contributed by atoms with E-state index in [-0.39, 0.29) is 35.1 Å². The standard InChI is InChI=1S/C17H25ClO3.C16H24ClNO3/c1-6-21-16(19)7-12(2)13-8-14(10-15(18)9-13)17(3,4)11-20-5;1-5-21-15(19)9-14(18)11-6-12(8-13(17)7-11)16(2,3)10-20-4/h8-10,12H,6-7,11H2,1-5H3;6-8,14H,5,9-10,18H2,1-4H3. The lowest BCUT2D eigenvalue weighted by atomic mass is 9.83. The van der Waals surface area contributed by atoms with Crippen LogP contribution in [0.5, 0.6) is 0 Å². The highest BCUT2D eigenvalue weighted by atomic mass is 35.5. The molecule has 0 amide bonds. The summed E-state index contributed by atoms with van der Waals surface area (Å²) >= 11 is 12.4. The molecule has 0 saturated heterocycles. The number of halogens is 2. The Morgan fingerprint density at radius 3 is 1.57 bits per heavy atom. The molecule has 0 aliphatic heterocycles. The Bertz CT molecular complexity index is 1060. The summed E-state index contributed by atoms with van der Waals surface area (Å²) in [6.07, 6.45) is 0.497. The molecule has 0 radical (unpaired) electrons. The molecule has 0 fully saturated rings. The lowest BCUT2D eigenvalue weighted by Gasteiger charge is -2.26. The summed E-state index contributed by atoms with van der Waals surface area (Å²) in [6, 6.07) is 11.2. The van der Waals surface area contributed by atoms with E-state index in [4.69, 9.17) is 47.9 Å². The molecule has 2 aromatic carbocycles. The van der Waals surface area contributed by atoms with Gasteiger partial charge in [0.05, 0.1) is 39.3 Å². The molecule has 2 N–H and O–H groups in total. The van der Waals surface area contributed by atoms with Gasteiger partial charge >= 0.3 is 11.9 Å². The molecule has 0 aromatic heterocycles. The third-order valence-corrected chi connectivity index (χ3v) is 7.32. The van der Waals surface area contributed by atoms with Crippen LogP contribution in [0.2, 0.25) is 10.0 Å². The third-order valence-electron chi connectivity index (χ3n) is 6.88. The van der Waals surface area contributed by atoms with Crippen LogP contribution in [0.15, 0.2) is 36.4 Å². The van der Waals surface area contributed by atoms with Gasteiger partial charge in [-0.3, -0.25) is 9.59 Å². The number of esters is 2. The first-order valence-electron chi connectivity index (χ1n) is 14.3. The second-order valence-corrected chi connectivity index (χ2v) is 12.6. The van der Waals surface area contributed by atoms with Gasteiger partial charge in [0.15, 0.2) is 0 Å². The van der Waals surface area contributed by atoms with Gasteiger partial charge in [-0.05, 0) is 66.3 Å². The minimum Gasteiger partial charge on any atom is -0.466 e. The van der Waals surface area contributed by atoms with Crippen molar-refractivity contribution in [2.24, 2.45) is 5.73 Å². The Kier molecular flexibility index (Phi) is 16.1. The van der Waals surface area contributed by atoms with Crippen molar-refractivity contribution in [3.63, 3.8) is 0 Å². The van der Waals surface area contributed by atoms with Gasteiger partial charge in [-0.25, -0.2) is 0 Å². The quantitative estimate of drug-likeness (QED) is 0.217. The molecular weight excluding hydrogens is 577 g/mol. The topological polar surface area (TPSA) is 97.1 Å². The van der Waals surface area contributed by atoms with Crippen molar-refractivity contribution in [3.8, 4) is 0 Å². The summed E-state index contributed by atoms with van der Waals surface area (Å²) in [4.78, 5) is 23.2. The first kappa shape index (κ1) is 37.9. The lowest BCUT2D eigenvalue weighted by molar-refractivity contribution is -0.144. The van der Waals surface area contributed by atoms with Gasteiger partial charge < -0.3 is 24.7 Å². The van der Waals surface area contributed by atoms with Crippen molar-refractivity contribution in [2.45, 2.75) is 84.1 Å². The Morgan fingerprint density at radius 2 is 1.14 bits per heavy atom. The summed E-state index contributed by atoms with van der Waals surface area (Å²) in [6.45, 7) is 15.9. The minimum absolute atomic E-state index is 0.0693. The summed E-state index contributed by atoms with van der Waals surface area (Å²) in [5.74, 6) is -0.412. The van der Waals surface area contributed by atoms with Crippen LogP contribution in [0.25, 0.3) is 0 Å². The lowest BCUT2D eigenvalue weighted by Crippen LogP contribution is -2.24. The van der Waals surface area contributed by atoms with Gasteiger partial charge in [0.1, 0.15) is 0 Å². The van der Waals surface area contributed by atoms with Crippen LogP contribution < -0.4 is 5.73 Å². The zero-order valence-corrected chi connectivity index (χ0v) is 28.2. The molecule has 2 aromatic rings. The molecular formula is C33H49Cl2NO6. The van der Waals surface area contributed by atoms with Gasteiger partial charge in [-0.1, -0.05) is 70.0 Å². The van der Waals surface area contributed by atoms with Gasteiger partial charge in [-0.15, -0.1) is 0 Å². The molecule has 0 aliphatic rings. The largest absolute Gasteiger partial charge is 0.466 e. The molecule has 0 aliphatic carbocycles. The van der Waals surface area contributed by atoms with Crippen LogP contribution in [0, 0.1) is 0 Å². The van der Waals surface area contributed by atoms with Crippen LogP contribution in [0.3, 0.4) is 0 Å². The smallest absolute Gasteiger partial charge is 0.307 e. The fourth-order valence-electron chi connectivity index (χ4n) is 4.50. The monoisotopic (exact) mass is 625 g/mol. The fraction of sp³-hybridized carbons (Fsp3) is 0.576. The van der Waals surface area contributed by atoms with Crippen molar-refractivity contribution in [2.75, 3.05) is 40.6 Å². The number of hydrogen-bond acceptors (Lipinski definition) is 7. The predicted octanol–water partition coefficient (Wildman–Crippen LogP) is 7.54. The molecule has 9 heteroatoms. The fourth-order valence-corrected chi connectivity index (χ4v) is 4.99. The van der Waals surface area contributed by atoms with Crippen LogP contribution in [-0.2, 0) is 39.4 Å². The second-order valence-electron chi connectivity index (χ2n) is 11.7. The number of ether oxygens (including phenoxy) is 4. The second kappa shape index (κ2) is 17.8. The van der Waals surface area contributed by atoms with E-state index in [1.807, 2.05) is 38.1 Å². The van der Waals surface area contributed by atoms with Gasteiger partial charge in [0.25, 0.3) is 0 Å². The highest BCUT2D eigenvalue weighted by Gasteiger charge is 2.24. The molecule has 0 heterocycles. The highest BCUT2D eigenvalue weighted by molar-refractivity contribution is 6.31. The Hall–Kier alpha value is -2.16. The maximum atomic E-state index is 11.6. The predicted molar refractivity (Wildman–Crippen MR) is 171 cm³/mol. The maximum absolute atomic E-state index is 11.6. The molecule has 236 valence electrons. The number of benzene rings is 2. The number of nitrogens with two attached hydrogens (primary N) is 1. The van der Waals surface area contributed by atoms with E-state index < -0.39 is 6.04 Å². The van der Waals surface area contributed by atoms with Gasteiger partial charge in [0, 0.05) is 41.1 Å². The molecule has 42 heavy (non-hydrogen) atoms. The molecule has 0 spiro atoms. The van der Waals surface area contributed by atoms with Gasteiger partial charge in [-0.2, -0.15) is 0 Å². The van der Waals surface area contributed by atoms with Crippen molar-refractivity contribution in [1.82, 2.24) is 0 Å². The average Bonchev–Trinajstić information content (AvgIpc) is 2.88. The Labute approximate surface area is 262 Å². The average molecular weight is 627 g/mol. The Balaban J connectivity index is 0.000000420. The van der Waals surface area contributed by atoms with Crippen LogP contribution >= 0.6 is 23.2 Å². The minimum atomic E-state index is -0.431. The number of methoxy groups -OCH3 is 2. The van der Waals surface area contributed by atoms with E-state index >= 15 is 0 Å². The summed E-state index contributed by atoms with van der Waals surface area (Å²) in [5, 5.41) is 1.29. The highest BCUT2D eigenvalue weighted by Crippen LogP contribution is 2.32. The van der Waals surface area contributed by atoms with E-state index in [0.29, 0.717) is 42.9 Å². The molecule has 7 nitrogen and oxygen atoms in total. The normalized spacial score (nSPS) is 13.0. The van der Waals surface area contributed by atoms with Crippen LogP contribution in [0.4, 0.5) is 0 Å². The SMILES string of the molecule is CCOC(=O)CC(C)c1cc(Cl)cc(C(C)(C)COC)c1.CCOC(=O)CC(N)c1cc(Cl)cc(C(C)(C)COC)c1. The Morgan fingerprint density at radius 1 is 0.738 bits per heavy atom. The molecule has 2 atom stereocenters. The van der Waals surface area contributed by atoms with Crippen molar-refractivity contribution < 1.29 is 28.5 Å². The zero-order valence-electron chi connectivity index (χ0n) is 26.6. The molecule has 2 rings (SSSR count). The van der Waals surface area contributed by atoms with E-state index in [2.05, 4.69) is 33.8 Å². The first-order chi connectivity index (χ1) is 19.6. The zero-order chi connectivity index (χ0) is 32.1. The van der Waals surface area contributed by atoms with Crippen LogP contribution in [-0.4, -0.2) is 52.6 Å².